The number of fused-ring (bicyclic) bond motifs is 1. The van der Waals surface area contributed by atoms with Crippen molar-refractivity contribution in [2.24, 2.45) is 0 Å². The van der Waals surface area contributed by atoms with E-state index in [1.54, 1.807) is 6.20 Å². The van der Waals surface area contributed by atoms with Gasteiger partial charge in [-0.2, -0.15) is 0 Å². The van der Waals surface area contributed by atoms with Gasteiger partial charge in [0.05, 0.1) is 0 Å². The van der Waals surface area contributed by atoms with Gasteiger partial charge in [0.15, 0.2) is 0 Å². The summed E-state index contributed by atoms with van der Waals surface area (Å²) in [5.74, 6) is -0.415. The lowest BCUT2D eigenvalue weighted by molar-refractivity contribution is -0.127. The second-order valence-electron chi connectivity index (χ2n) is 7.56. The number of nitrogens with one attached hydrogen (secondary N) is 3. The molecule has 0 saturated carbocycles. The van der Waals surface area contributed by atoms with Crippen molar-refractivity contribution in [2.45, 2.75) is 31.7 Å². The van der Waals surface area contributed by atoms with Crippen LogP contribution in [0.5, 0.6) is 0 Å². The van der Waals surface area contributed by atoms with Crippen molar-refractivity contribution < 1.29 is 14.4 Å². The van der Waals surface area contributed by atoms with Crippen LogP contribution in [-0.2, 0) is 22.4 Å². The molecule has 1 aromatic carbocycles. The Labute approximate surface area is 180 Å². The molecule has 160 valence electrons. The van der Waals surface area contributed by atoms with Gasteiger partial charge in [-0.3, -0.25) is 19.5 Å². The zero-order valence-electron chi connectivity index (χ0n) is 17.1. The molecule has 1 aliphatic rings. The third-order valence-corrected chi connectivity index (χ3v) is 5.48. The average molecular weight is 419 g/mol. The third-order valence-electron chi connectivity index (χ3n) is 5.48. The topological polar surface area (TPSA) is 107 Å². The van der Waals surface area contributed by atoms with E-state index >= 15 is 0 Å². The minimum absolute atomic E-state index is 0.143. The van der Waals surface area contributed by atoms with Crippen molar-refractivity contribution in [2.75, 3.05) is 13.1 Å². The molecule has 8 heteroatoms. The third kappa shape index (κ3) is 4.91. The molecular formula is C23H25N5O3. The van der Waals surface area contributed by atoms with Gasteiger partial charge in [-0.25, -0.2) is 4.79 Å². The van der Waals surface area contributed by atoms with E-state index in [0.717, 1.165) is 22.2 Å². The number of imide groups is 1. The number of amides is 4. The number of aromatic amines is 1. The molecule has 3 heterocycles. The van der Waals surface area contributed by atoms with E-state index in [4.69, 9.17) is 0 Å². The maximum atomic E-state index is 12.6. The standard InChI is InChI=1S/C23H25N5O3/c29-21(25-13-10-17-5-3-4-12-24-17)9-8-20-22(30)28(23(31)27-20)14-11-16-15-26-19-7-2-1-6-18(16)19/h1-7,12,15,20,26H,8-11,13-14H2,(H,25,29)(H,27,31). The van der Waals surface area contributed by atoms with Gasteiger partial charge in [0.1, 0.15) is 6.04 Å². The number of aromatic nitrogens is 2. The van der Waals surface area contributed by atoms with Gasteiger partial charge in [-0.15, -0.1) is 0 Å². The fraction of sp³-hybridized carbons (Fsp3) is 0.304. The van der Waals surface area contributed by atoms with Gasteiger partial charge in [0.25, 0.3) is 5.91 Å². The van der Waals surface area contributed by atoms with Gasteiger partial charge in [-0.1, -0.05) is 24.3 Å². The van der Waals surface area contributed by atoms with Crippen LogP contribution in [-0.4, -0.2) is 51.8 Å². The molecule has 1 unspecified atom stereocenters. The molecule has 1 atom stereocenters. The summed E-state index contributed by atoms with van der Waals surface area (Å²) in [6.07, 6.45) is 5.31. The molecule has 4 amide bonds. The van der Waals surface area contributed by atoms with Crippen LogP contribution < -0.4 is 10.6 Å². The molecule has 31 heavy (non-hydrogen) atoms. The smallest absolute Gasteiger partial charge is 0.324 e. The van der Waals surface area contributed by atoms with Crippen LogP contribution in [0.15, 0.2) is 54.9 Å². The highest BCUT2D eigenvalue weighted by atomic mass is 16.2. The Morgan fingerprint density at radius 3 is 2.77 bits per heavy atom. The summed E-state index contributed by atoms with van der Waals surface area (Å²) >= 11 is 0. The summed E-state index contributed by atoms with van der Waals surface area (Å²) in [7, 11) is 0. The highest BCUT2D eigenvalue weighted by Gasteiger charge is 2.37. The fourth-order valence-electron chi connectivity index (χ4n) is 3.79. The van der Waals surface area contributed by atoms with E-state index in [0.29, 0.717) is 25.9 Å². The normalized spacial score (nSPS) is 16.0. The van der Waals surface area contributed by atoms with E-state index in [9.17, 15) is 14.4 Å². The van der Waals surface area contributed by atoms with Crippen LogP contribution in [0, 0.1) is 0 Å². The Morgan fingerprint density at radius 2 is 1.94 bits per heavy atom. The second-order valence-corrected chi connectivity index (χ2v) is 7.56. The average Bonchev–Trinajstić information content (AvgIpc) is 3.32. The van der Waals surface area contributed by atoms with Crippen molar-refractivity contribution in [1.82, 2.24) is 25.5 Å². The maximum absolute atomic E-state index is 12.6. The zero-order valence-corrected chi connectivity index (χ0v) is 17.1. The van der Waals surface area contributed by atoms with Crippen LogP contribution in [0.3, 0.4) is 0 Å². The first-order valence-electron chi connectivity index (χ1n) is 10.5. The molecule has 8 nitrogen and oxygen atoms in total. The van der Waals surface area contributed by atoms with E-state index < -0.39 is 12.1 Å². The van der Waals surface area contributed by atoms with Crippen molar-refractivity contribution in [3.63, 3.8) is 0 Å². The number of pyridine rings is 1. The molecule has 0 radical (unpaired) electrons. The van der Waals surface area contributed by atoms with Gasteiger partial charge >= 0.3 is 6.03 Å². The minimum atomic E-state index is -0.656. The van der Waals surface area contributed by atoms with E-state index in [2.05, 4.69) is 20.6 Å². The van der Waals surface area contributed by atoms with Crippen molar-refractivity contribution in [3.8, 4) is 0 Å². The Morgan fingerprint density at radius 1 is 1.10 bits per heavy atom. The van der Waals surface area contributed by atoms with Crippen molar-refractivity contribution >= 4 is 28.7 Å². The molecular weight excluding hydrogens is 394 g/mol. The number of para-hydroxylation sites is 1. The summed E-state index contributed by atoms with van der Waals surface area (Å²) in [6, 6.07) is 12.5. The Bertz CT molecular complexity index is 1080. The largest absolute Gasteiger partial charge is 0.361 e. The highest BCUT2D eigenvalue weighted by Crippen LogP contribution is 2.19. The molecule has 2 aromatic heterocycles. The van der Waals surface area contributed by atoms with Gasteiger partial charge in [0, 0.05) is 54.9 Å². The van der Waals surface area contributed by atoms with Crippen LogP contribution in [0.2, 0.25) is 0 Å². The summed E-state index contributed by atoms with van der Waals surface area (Å²) in [5, 5.41) is 6.62. The molecule has 1 aliphatic heterocycles. The van der Waals surface area contributed by atoms with E-state index in [-0.39, 0.29) is 24.7 Å². The van der Waals surface area contributed by atoms with E-state index in [1.807, 2.05) is 48.7 Å². The van der Waals surface area contributed by atoms with Crippen LogP contribution in [0.25, 0.3) is 10.9 Å². The summed E-state index contributed by atoms with van der Waals surface area (Å²) in [4.78, 5) is 45.7. The number of rotatable bonds is 9. The predicted molar refractivity (Wildman–Crippen MR) is 116 cm³/mol. The zero-order chi connectivity index (χ0) is 21.6. The molecule has 0 bridgehead atoms. The highest BCUT2D eigenvalue weighted by molar-refractivity contribution is 6.04. The van der Waals surface area contributed by atoms with Gasteiger partial charge < -0.3 is 15.6 Å². The number of H-pyrrole nitrogens is 1. The predicted octanol–water partition coefficient (Wildman–Crippen LogP) is 2.16. The number of hydrogen-bond acceptors (Lipinski definition) is 4. The molecule has 0 aliphatic carbocycles. The molecule has 4 rings (SSSR count). The Kier molecular flexibility index (Phi) is 6.26. The van der Waals surface area contributed by atoms with Crippen molar-refractivity contribution in [1.29, 1.82) is 0 Å². The Hall–Kier alpha value is -3.68. The molecule has 1 saturated heterocycles. The fourth-order valence-corrected chi connectivity index (χ4v) is 3.79. The summed E-state index contributed by atoms with van der Waals surface area (Å²) in [6.45, 7) is 0.789. The first-order chi connectivity index (χ1) is 15.1. The number of nitrogens with zero attached hydrogens (tertiary/aromatic N) is 2. The van der Waals surface area contributed by atoms with Crippen molar-refractivity contribution in [3.05, 3.63) is 66.1 Å². The summed E-state index contributed by atoms with van der Waals surface area (Å²) < 4.78 is 0. The van der Waals surface area contributed by atoms with E-state index in [1.165, 1.54) is 4.90 Å². The number of carbonyl (C=O) groups is 3. The van der Waals surface area contributed by atoms with Crippen LogP contribution in [0.4, 0.5) is 4.79 Å². The summed E-state index contributed by atoms with van der Waals surface area (Å²) in [5.41, 5.74) is 3.00. The monoisotopic (exact) mass is 419 g/mol. The number of benzene rings is 1. The second kappa shape index (κ2) is 9.42. The molecule has 3 aromatic rings. The SMILES string of the molecule is O=C(CCC1NC(=O)N(CCc2c[nH]c3ccccc23)C1=O)NCCc1ccccn1. The van der Waals surface area contributed by atoms with Crippen LogP contribution >= 0.6 is 0 Å². The number of urea groups is 1. The minimum Gasteiger partial charge on any atom is -0.361 e. The quantitative estimate of drug-likeness (QED) is 0.462. The van der Waals surface area contributed by atoms with Gasteiger partial charge in [0.2, 0.25) is 5.91 Å². The van der Waals surface area contributed by atoms with Crippen LogP contribution in [0.1, 0.15) is 24.1 Å². The number of hydrogen-bond donors (Lipinski definition) is 3. The maximum Gasteiger partial charge on any atom is 0.324 e. The lowest BCUT2D eigenvalue weighted by Gasteiger charge is -2.12. The first kappa shape index (κ1) is 20.6. The first-order valence-corrected chi connectivity index (χ1v) is 10.5. The van der Waals surface area contributed by atoms with Gasteiger partial charge in [-0.05, 0) is 36.6 Å². The molecule has 3 N–H and O–H groups in total. The molecule has 0 spiro atoms. The lowest BCUT2D eigenvalue weighted by atomic mass is 10.1. The lowest BCUT2D eigenvalue weighted by Crippen LogP contribution is -2.34. The number of carbonyl (C=O) groups excluding carboxylic acids is 3. The Balaban J connectivity index is 1.23. The molecule has 1 fully saturated rings.